The summed E-state index contributed by atoms with van der Waals surface area (Å²) in [4.78, 5) is 10.7. The van der Waals surface area contributed by atoms with Crippen molar-refractivity contribution in [1.29, 1.82) is 0 Å². The highest BCUT2D eigenvalue weighted by atomic mass is 79.9. The van der Waals surface area contributed by atoms with Crippen LogP contribution in [-0.4, -0.2) is 17.4 Å². The molecular weight excluding hydrogens is 280 g/mol. The first-order valence-corrected chi connectivity index (χ1v) is 8.02. The summed E-state index contributed by atoms with van der Waals surface area (Å²) in [5, 5.41) is 1.14. The zero-order valence-electron chi connectivity index (χ0n) is 11.3. The summed E-state index contributed by atoms with van der Waals surface area (Å²) in [5.74, 6) is -0.163. The van der Waals surface area contributed by atoms with Gasteiger partial charge in [0.15, 0.2) is 0 Å². The van der Waals surface area contributed by atoms with Crippen LogP contribution in [0.1, 0.15) is 71.6 Å². The molecule has 1 unspecified atom stereocenters. The predicted molar refractivity (Wildman–Crippen MR) is 76.6 cm³/mol. The van der Waals surface area contributed by atoms with Crippen LogP contribution in [0.25, 0.3) is 0 Å². The van der Waals surface area contributed by atoms with Crippen LogP contribution in [0, 0.1) is 0 Å². The van der Waals surface area contributed by atoms with Crippen molar-refractivity contribution in [3.63, 3.8) is 0 Å². The quantitative estimate of drug-likeness (QED) is 0.310. The van der Waals surface area contributed by atoms with Crippen LogP contribution >= 0.6 is 15.9 Å². The van der Waals surface area contributed by atoms with Gasteiger partial charge in [-0.15, -0.1) is 0 Å². The Hall–Kier alpha value is -0.0500. The van der Waals surface area contributed by atoms with Crippen LogP contribution < -0.4 is 0 Å². The summed E-state index contributed by atoms with van der Waals surface area (Å²) in [7, 11) is 0. The standard InChI is InChI=1S/C14H27BrO2/c1-13(17-14(2)16)11-9-7-5-3-4-6-8-10-12-15/h13H,3-12H2,1-2H3. The van der Waals surface area contributed by atoms with Crippen molar-refractivity contribution in [3.05, 3.63) is 0 Å². The monoisotopic (exact) mass is 306 g/mol. The Kier molecular flexibility index (Phi) is 12.4. The highest BCUT2D eigenvalue weighted by Crippen LogP contribution is 2.12. The summed E-state index contributed by atoms with van der Waals surface area (Å²) in [6, 6.07) is 0. The molecule has 17 heavy (non-hydrogen) atoms. The van der Waals surface area contributed by atoms with Crippen molar-refractivity contribution in [2.24, 2.45) is 0 Å². The molecule has 0 aliphatic rings. The first-order valence-electron chi connectivity index (χ1n) is 6.90. The Balaban J connectivity index is 3.10. The van der Waals surface area contributed by atoms with Crippen LogP contribution in [0.15, 0.2) is 0 Å². The molecule has 0 radical (unpaired) electrons. The second-order valence-electron chi connectivity index (χ2n) is 4.73. The Morgan fingerprint density at radius 3 is 1.94 bits per heavy atom. The van der Waals surface area contributed by atoms with Gasteiger partial charge in [0.2, 0.25) is 0 Å². The molecule has 1 atom stereocenters. The Bertz CT molecular complexity index is 183. The third-order valence-corrected chi connectivity index (χ3v) is 3.42. The fourth-order valence-electron chi connectivity index (χ4n) is 1.93. The van der Waals surface area contributed by atoms with E-state index in [9.17, 15) is 4.79 Å². The maximum Gasteiger partial charge on any atom is 0.302 e. The van der Waals surface area contributed by atoms with E-state index in [-0.39, 0.29) is 12.1 Å². The lowest BCUT2D eigenvalue weighted by molar-refractivity contribution is -0.145. The van der Waals surface area contributed by atoms with Gasteiger partial charge in [-0.2, -0.15) is 0 Å². The van der Waals surface area contributed by atoms with Crippen molar-refractivity contribution in [3.8, 4) is 0 Å². The lowest BCUT2D eigenvalue weighted by Crippen LogP contribution is -2.11. The highest BCUT2D eigenvalue weighted by Gasteiger charge is 2.04. The molecule has 0 amide bonds. The normalized spacial score (nSPS) is 12.4. The van der Waals surface area contributed by atoms with Crippen molar-refractivity contribution in [2.45, 2.75) is 77.7 Å². The lowest BCUT2D eigenvalue weighted by atomic mass is 10.1. The van der Waals surface area contributed by atoms with Gasteiger partial charge in [0.25, 0.3) is 0 Å². The second kappa shape index (κ2) is 12.4. The summed E-state index contributed by atoms with van der Waals surface area (Å²) < 4.78 is 5.08. The number of carbonyl (C=O) groups is 1. The molecule has 0 aromatic heterocycles. The number of alkyl halides is 1. The maximum atomic E-state index is 10.7. The molecule has 0 aromatic rings. The van der Waals surface area contributed by atoms with Gasteiger partial charge < -0.3 is 4.74 Å². The van der Waals surface area contributed by atoms with Crippen LogP contribution in [0.3, 0.4) is 0 Å². The lowest BCUT2D eigenvalue weighted by Gasteiger charge is -2.11. The first-order chi connectivity index (χ1) is 8.16. The van der Waals surface area contributed by atoms with Gasteiger partial charge in [-0.25, -0.2) is 0 Å². The summed E-state index contributed by atoms with van der Waals surface area (Å²) in [6.07, 6.45) is 11.6. The number of hydrogen-bond donors (Lipinski definition) is 0. The molecule has 2 nitrogen and oxygen atoms in total. The third kappa shape index (κ3) is 13.9. The van der Waals surface area contributed by atoms with Crippen LogP contribution in [0.4, 0.5) is 0 Å². The molecule has 0 aromatic carbocycles. The van der Waals surface area contributed by atoms with Crippen molar-refractivity contribution >= 4 is 21.9 Å². The van der Waals surface area contributed by atoms with E-state index < -0.39 is 0 Å². The number of ether oxygens (including phenoxy) is 1. The van der Waals surface area contributed by atoms with Gasteiger partial charge in [0.1, 0.15) is 0 Å². The van der Waals surface area contributed by atoms with E-state index >= 15 is 0 Å². The summed E-state index contributed by atoms with van der Waals surface area (Å²) in [5.41, 5.74) is 0. The van der Waals surface area contributed by atoms with Gasteiger partial charge in [-0.3, -0.25) is 4.79 Å². The Morgan fingerprint density at radius 1 is 1.00 bits per heavy atom. The van der Waals surface area contributed by atoms with Crippen molar-refractivity contribution in [1.82, 2.24) is 0 Å². The van der Waals surface area contributed by atoms with Crippen LogP contribution in [0.5, 0.6) is 0 Å². The van der Waals surface area contributed by atoms with Gasteiger partial charge in [0.05, 0.1) is 6.10 Å². The molecule has 0 saturated heterocycles. The molecule has 0 fully saturated rings. The minimum absolute atomic E-state index is 0.0893. The van der Waals surface area contributed by atoms with Crippen LogP contribution in [-0.2, 0) is 9.53 Å². The SMILES string of the molecule is CC(=O)OC(C)CCCCCCCCCCBr. The molecule has 102 valence electrons. The molecule has 0 saturated carbocycles. The summed E-state index contributed by atoms with van der Waals surface area (Å²) >= 11 is 3.45. The fraction of sp³-hybridized carbons (Fsp3) is 0.929. The minimum Gasteiger partial charge on any atom is -0.463 e. The van der Waals surface area contributed by atoms with E-state index in [1.165, 1.54) is 58.3 Å². The zero-order valence-corrected chi connectivity index (χ0v) is 12.9. The molecule has 0 rings (SSSR count). The molecule has 0 bridgehead atoms. The van der Waals surface area contributed by atoms with Crippen molar-refractivity contribution in [2.75, 3.05) is 5.33 Å². The maximum absolute atomic E-state index is 10.7. The molecule has 3 heteroatoms. The summed E-state index contributed by atoms with van der Waals surface area (Å²) in [6.45, 7) is 3.45. The predicted octanol–water partition coefficient (Wildman–Crippen LogP) is 4.84. The average Bonchev–Trinajstić information content (AvgIpc) is 2.26. The topological polar surface area (TPSA) is 26.3 Å². The largest absolute Gasteiger partial charge is 0.463 e. The van der Waals surface area contributed by atoms with Gasteiger partial charge in [-0.1, -0.05) is 54.5 Å². The van der Waals surface area contributed by atoms with E-state index in [0.29, 0.717) is 0 Å². The van der Waals surface area contributed by atoms with Crippen LogP contribution in [0.2, 0.25) is 0 Å². The number of halogens is 1. The molecule has 0 heterocycles. The molecule has 0 spiro atoms. The molecule has 0 aliphatic carbocycles. The van der Waals surface area contributed by atoms with Gasteiger partial charge in [-0.05, 0) is 26.2 Å². The first kappa shape index (κ1) is 16.9. The van der Waals surface area contributed by atoms with E-state index in [4.69, 9.17) is 4.74 Å². The van der Waals surface area contributed by atoms with E-state index in [1.807, 2.05) is 6.92 Å². The fourth-order valence-corrected chi connectivity index (χ4v) is 2.33. The van der Waals surface area contributed by atoms with Gasteiger partial charge in [0, 0.05) is 12.3 Å². The molecular formula is C14H27BrO2. The third-order valence-electron chi connectivity index (χ3n) is 2.86. The number of unbranched alkanes of at least 4 members (excludes halogenated alkanes) is 7. The highest BCUT2D eigenvalue weighted by molar-refractivity contribution is 9.09. The zero-order chi connectivity index (χ0) is 12.9. The molecule has 0 N–H and O–H groups in total. The minimum atomic E-state index is -0.163. The Labute approximate surface area is 115 Å². The smallest absolute Gasteiger partial charge is 0.302 e. The number of hydrogen-bond acceptors (Lipinski definition) is 2. The van der Waals surface area contributed by atoms with Gasteiger partial charge >= 0.3 is 5.97 Å². The molecule has 0 aliphatic heterocycles. The number of rotatable bonds is 11. The second-order valence-corrected chi connectivity index (χ2v) is 5.52. The van der Waals surface area contributed by atoms with E-state index in [0.717, 1.165) is 11.8 Å². The van der Waals surface area contributed by atoms with E-state index in [2.05, 4.69) is 15.9 Å². The number of carbonyl (C=O) groups excluding carboxylic acids is 1. The Morgan fingerprint density at radius 2 is 1.47 bits per heavy atom. The number of esters is 1. The average molecular weight is 307 g/mol. The van der Waals surface area contributed by atoms with Crippen molar-refractivity contribution < 1.29 is 9.53 Å². The van der Waals surface area contributed by atoms with E-state index in [1.54, 1.807) is 0 Å².